The lowest BCUT2D eigenvalue weighted by atomic mass is 10.1. The number of rotatable bonds is 4. The van der Waals surface area contributed by atoms with Crippen molar-refractivity contribution in [2.24, 2.45) is 5.73 Å². The highest BCUT2D eigenvalue weighted by Gasteiger charge is 2.13. The first-order chi connectivity index (χ1) is 9.49. The van der Waals surface area contributed by atoms with Crippen molar-refractivity contribution in [1.29, 1.82) is 0 Å². The van der Waals surface area contributed by atoms with Crippen LogP contribution in [0.25, 0.3) is 0 Å². The van der Waals surface area contributed by atoms with Crippen LogP contribution in [-0.4, -0.2) is 17.0 Å². The molecule has 0 aliphatic heterocycles. The topological polar surface area (TPSA) is 42.1 Å². The minimum atomic E-state index is 0.386. The molecule has 0 saturated carbocycles. The molecule has 0 aliphatic rings. The molecule has 0 radical (unpaired) electrons. The van der Waals surface area contributed by atoms with E-state index in [-0.39, 0.29) is 0 Å². The van der Waals surface area contributed by atoms with Crippen LogP contribution in [0.1, 0.15) is 17.0 Å². The Morgan fingerprint density at radius 2 is 2.00 bits per heavy atom. The normalized spacial score (nSPS) is 10.3. The van der Waals surface area contributed by atoms with Crippen LogP contribution in [0, 0.1) is 6.92 Å². The lowest BCUT2D eigenvalue weighted by Gasteiger charge is -2.22. The van der Waals surface area contributed by atoms with E-state index >= 15 is 0 Å². The predicted molar refractivity (Wildman–Crippen MR) is 91.1 cm³/mol. The summed E-state index contributed by atoms with van der Waals surface area (Å²) in [7, 11) is 2.01. The smallest absolute Gasteiger partial charge is 0.107 e. The van der Waals surface area contributed by atoms with Gasteiger partial charge in [0.15, 0.2) is 0 Å². The Labute approximate surface area is 132 Å². The van der Waals surface area contributed by atoms with Gasteiger partial charge in [0.1, 0.15) is 4.99 Å². The molecule has 3 nitrogen and oxygen atoms in total. The summed E-state index contributed by atoms with van der Waals surface area (Å²) in [5, 5.41) is 0. The molecule has 0 spiro atoms. The number of aryl methyl sites for hydroxylation is 1. The highest BCUT2D eigenvalue weighted by atomic mass is 79.9. The molecule has 0 bridgehead atoms. The number of hydrogen-bond acceptors (Lipinski definition) is 3. The van der Waals surface area contributed by atoms with Crippen LogP contribution >= 0.6 is 28.1 Å². The Kier molecular flexibility index (Phi) is 4.73. The number of benzene rings is 1. The molecule has 0 fully saturated rings. The van der Waals surface area contributed by atoms with Crippen molar-refractivity contribution >= 4 is 38.8 Å². The molecular weight excluding hydrogens is 334 g/mol. The Balaban J connectivity index is 2.32. The Morgan fingerprint density at radius 1 is 1.30 bits per heavy atom. The minimum Gasteiger partial charge on any atom is -0.389 e. The van der Waals surface area contributed by atoms with Gasteiger partial charge in [-0.1, -0.05) is 24.4 Å². The number of aromatic nitrogens is 1. The monoisotopic (exact) mass is 349 g/mol. The maximum Gasteiger partial charge on any atom is 0.107 e. The van der Waals surface area contributed by atoms with Crippen molar-refractivity contribution in [3.63, 3.8) is 0 Å². The van der Waals surface area contributed by atoms with E-state index in [0.717, 1.165) is 27.1 Å². The second kappa shape index (κ2) is 6.33. The number of anilines is 1. The molecule has 0 atom stereocenters. The van der Waals surface area contributed by atoms with Gasteiger partial charge >= 0.3 is 0 Å². The highest BCUT2D eigenvalue weighted by molar-refractivity contribution is 9.10. The van der Waals surface area contributed by atoms with Crippen LogP contribution in [0.15, 0.2) is 40.9 Å². The highest BCUT2D eigenvalue weighted by Crippen LogP contribution is 2.28. The van der Waals surface area contributed by atoms with Crippen molar-refractivity contribution in [2.45, 2.75) is 13.5 Å². The van der Waals surface area contributed by atoms with Gasteiger partial charge < -0.3 is 10.6 Å². The molecule has 0 saturated heterocycles. The van der Waals surface area contributed by atoms with Crippen molar-refractivity contribution in [2.75, 3.05) is 11.9 Å². The summed E-state index contributed by atoms with van der Waals surface area (Å²) in [5.41, 5.74) is 9.71. The number of pyridine rings is 1. The van der Waals surface area contributed by atoms with Crippen molar-refractivity contribution in [1.82, 2.24) is 4.98 Å². The fraction of sp³-hybridized carbons (Fsp3) is 0.200. The molecule has 104 valence electrons. The fourth-order valence-electron chi connectivity index (χ4n) is 2.09. The third-order valence-corrected chi connectivity index (χ3v) is 3.86. The zero-order chi connectivity index (χ0) is 14.7. The maximum absolute atomic E-state index is 5.83. The van der Waals surface area contributed by atoms with Crippen molar-refractivity contribution in [3.8, 4) is 0 Å². The largest absolute Gasteiger partial charge is 0.389 e. The molecule has 2 aromatic rings. The first kappa shape index (κ1) is 14.9. The summed E-state index contributed by atoms with van der Waals surface area (Å²) in [4.78, 5) is 7.00. The van der Waals surface area contributed by atoms with Crippen LogP contribution < -0.4 is 10.6 Å². The van der Waals surface area contributed by atoms with E-state index in [1.165, 1.54) is 0 Å². The molecule has 2 rings (SSSR count). The SMILES string of the molecule is Cc1cccc(CN(C)c2cccc(Br)c2C(N)=S)n1. The fourth-order valence-corrected chi connectivity index (χ4v) is 3.01. The average Bonchev–Trinajstić information content (AvgIpc) is 2.37. The summed E-state index contributed by atoms with van der Waals surface area (Å²) in [6.07, 6.45) is 0. The molecule has 0 unspecified atom stereocenters. The van der Waals surface area contributed by atoms with Gasteiger partial charge in [0.05, 0.1) is 12.2 Å². The Morgan fingerprint density at radius 3 is 2.65 bits per heavy atom. The number of nitrogens with zero attached hydrogens (tertiary/aromatic N) is 2. The van der Waals surface area contributed by atoms with Gasteiger partial charge in [0.25, 0.3) is 0 Å². The minimum absolute atomic E-state index is 0.386. The standard InChI is InChI=1S/C15H16BrN3S/c1-10-5-3-6-11(18-10)9-19(2)13-8-4-7-12(16)14(13)15(17)20/h3-8H,9H2,1-2H3,(H2,17,20). The molecule has 1 aromatic heterocycles. The molecular formula is C15H16BrN3S. The predicted octanol–water partition coefficient (Wildman–Crippen LogP) is 3.42. The van der Waals surface area contributed by atoms with E-state index in [1.54, 1.807) is 0 Å². The number of halogens is 1. The van der Waals surface area contributed by atoms with E-state index in [0.29, 0.717) is 11.5 Å². The summed E-state index contributed by atoms with van der Waals surface area (Å²) in [6.45, 7) is 2.69. The third-order valence-electron chi connectivity index (χ3n) is 2.99. The van der Waals surface area contributed by atoms with E-state index < -0.39 is 0 Å². The van der Waals surface area contributed by atoms with Crippen LogP contribution in [-0.2, 0) is 6.54 Å². The summed E-state index contributed by atoms with van der Waals surface area (Å²) < 4.78 is 0.909. The van der Waals surface area contributed by atoms with Crippen LogP contribution in [0.3, 0.4) is 0 Å². The second-order valence-corrected chi connectivity index (χ2v) is 5.92. The lowest BCUT2D eigenvalue weighted by Crippen LogP contribution is -2.22. The van der Waals surface area contributed by atoms with Crippen molar-refractivity contribution < 1.29 is 0 Å². The van der Waals surface area contributed by atoms with Gasteiger partial charge in [-0.15, -0.1) is 0 Å². The third kappa shape index (κ3) is 3.35. The first-order valence-electron chi connectivity index (χ1n) is 6.21. The molecule has 0 aliphatic carbocycles. The van der Waals surface area contributed by atoms with Gasteiger partial charge in [0, 0.05) is 28.5 Å². The zero-order valence-electron chi connectivity index (χ0n) is 11.4. The molecule has 5 heteroatoms. The van der Waals surface area contributed by atoms with E-state index in [4.69, 9.17) is 18.0 Å². The van der Waals surface area contributed by atoms with Gasteiger partial charge in [-0.3, -0.25) is 4.98 Å². The van der Waals surface area contributed by atoms with Crippen molar-refractivity contribution in [3.05, 3.63) is 57.8 Å². The second-order valence-electron chi connectivity index (χ2n) is 4.62. The van der Waals surface area contributed by atoms with Gasteiger partial charge in [0.2, 0.25) is 0 Å². The zero-order valence-corrected chi connectivity index (χ0v) is 13.8. The number of thiocarbonyl (C=S) groups is 1. The molecule has 20 heavy (non-hydrogen) atoms. The average molecular weight is 350 g/mol. The summed E-state index contributed by atoms with van der Waals surface area (Å²) in [5.74, 6) is 0. The molecule has 2 N–H and O–H groups in total. The quantitative estimate of drug-likeness (QED) is 0.858. The first-order valence-corrected chi connectivity index (χ1v) is 7.41. The summed E-state index contributed by atoms with van der Waals surface area (Å²) in [6, 6.07) is 11.9. The van der Waals surface area contributed by atoms with Crippen LogP contribution in [0.4, 0.5) is 5.69 Å². The molecule has 1 aromatic carbocycles. The van der Waals surface area contributed by atoms with Gasteiger partial charge in [-0.2, -0.15) is 0 Å². The van der Waals surface area contributed by atoms with Gasteiger partial charge in [-0.05, 0) is 47.1 Å². The lowest BCUT2D eigenvalue weighted by molar-refractivity contribution is 0.875. The van der Waals surface area contributed by atoms with Crippen LogP contribution in [0.2, 0.25) is 0 Å². The van der Waals surface area contributed by atoms with E-state index in [9.17, 15) is 0 Å². The number of hydrogen-bond donors (Lipinski definition) is 1. The van der Waals surface area contributed by atoms with Crippen LogP contribution in [0.5, 0.6) is 0 Å². The summed E-state index contributed by atoms with van der Waals surface area (Å²) >= 11 is 8.65. The molecule has 0 amide bonds. The van der Waals surface area contributed by atoms with Gasteiger partial charge in [-0.25, -0.2) is 0 Å². The molecule has 1 heterocycles. The number of nitrogens with two attached hydrogens (primary N) is 1. The maximum atomic E-state index is 5.83. The Hall–Kier alpha value is -1.46. The van der Waals surface area contributed by atoms with E-state index in [2.05, 4.69) is 25.8 Å². The Bertz CT molecular complexity index is 643. The van der Waals surface area contributed by atoms with E-state index in [1.807, 2.05) is 50.4 Å².